The van der Waals surface area contributed by atoms with Gasteiger partial charge < -0.3 is 14.8 Å². The quantitative estimate of drug-likeness (QED) is 0.617. The third-order valence-electron chi connectivity index (χ3n) is 5.10. The largest absolute Gasteiger partial charge is 0.494 e. The lowest BCUT2D eigenvalue weighted by Crippen LogP contribution is -2.28. The standard InChI is InChI=1S/C20H21F2N5O3S/c1-10-4-12(7-27(10)8-17-18(22)26-20(31-17)25-11(2)28)30-19-13-5-16(29-3)14(21)6-15(13)23-9-24-19/h5-6,9-10,12H,4,7-8H2,1-3H3,(H,25,26,28). The van der Waals surface area contributed by atoms with Crippen LogP contribution >= 0.6 is 11.3 Å². The summed E-state index contributed by atoms with van der Waals surface area (Å²) in [5, 5.41) is 3.31. The molecule has 0 saturated carbocycles. The summed E-state index contributed by atoms with van der Waals surface area (Å²) in [5.74, 6) is -0.952. The number of hydrogen-bond donors (Lipinski definition) is 1. The van der Waals surface area contributed by atoms with E-state index >= 15 is 0 Å². The fourth-order valence-corrected chi connectivity index (χ4v) is 4.53. The average molecular weight is 449 g/mol. The highest BCUT2D eigenvalue weighted by Crippen LogP contribution is 2.32. The van der Waals surface area contributed by atoms with Gasteiger partial charge >= 0.3 is 0 Å². The SMILES string of the molecule is COc1cc2c(OC3CC(C)N(Cc4sc(NC(C)=O)nc4F)C3)ncnc2cc1F. The second kappa shape index (κ2) is 8.67. The fourth-order valence-electron chi connectivity index (χ4n) is 3.61. The number of amides is 1. The molecule has 1 saturated heterocycles. The minimum Gasteiger partial charge on any atom is -0.494 e. The van der Waals surface area contributed by atoms with E-state index in [-0.39, 0.29) is 28.9 Å². The van der Waals surface area contributed by atoms with Crippen molar-refractivity contribution in [1.82, 2.24) is 19.9 Å². The highest BCUT2D eigenvalue weighted by Gasteiger charge is 2.32. The predicted molar refractivity (Wildman–Crippen MR) is 111 cm³/mol. The van der Waals surface area contributed by atoms with E-state index in [1.54, 1.807) is 0 Å². The number of likely N-dealkylation sites (tertiary alicyclic amines) is 1. The van der Waals surface area contributed by atoms with E-state index in [0.29, 0.717) is 41.2 Å². The van der Waals surface area contributed by atoms with E-state index < -0.39 is 11.8 Å². The molecule has 164 valence electrons. The molecule has 3 heterocycles. The van der Waals surface area contributed by atoms with Gasteiger partial charge in [-0.05, 0) is 13.0 Å². The second-order valence-corrected chi connectivity index (χ2v) is 8.43. The first-order valence-corrected chi connectivity index (χ1v) is 10.5. The molecule has 1 aromatic carbocycles. The smallest absolute Gasteiger partial charge is 0.230 e. The maximum atomic E-state index is 14.2. The Morgan fingerprint density at radius 2 is 2.16 bits per heavy atom. The van der Waals surface area contributed by atoms with Crippen LogP contribution < -0.4 is 14.8 Å². The number of thiazole rings is 1. The van der Waals surface area contributed by atoms with E-state index in [0.717, 1.165) is 11.3 Å². The number of carbonyl (C=O) groups is 1. The Morgan fingerprint density at radius 3 is 2.90 bits per heavy atom. The van der Waals surface area contributed by atoms with Crippen molar-refractivity contribution in [3.8, 4) is 11.6 Å². The molecule has 31 heavy (non-hydrogen) atoms. The molecule has 0 radical (unpaired) electrons. The van der Waals surface area contributed by atoms with Gasteiger partial charge in [0.1, 0.15) is 12.4 Å². The Bertz CT molecular complexity index is 1130. The number of ether oxygens (including phenoxy) is 2. The van der Waals surface area contributed by atoms with Crippen LogP contribution in [0.25, 0.3) is 10.9 Å². The average Bonchev–Trinajstić information content (AvgIpc) is 3.22. The minimum atomic E-state index is -0.582. The summed E-state index contributed by atoms with van der Waals surface area (Å²) < 4.78 is 39.3. The van der Waals surface area contributed by atoms with Crippen LogP contribution in [-0.2, 0) is 11.3 Å². The number of benzene rings is 1. The molecular formula is C20H21F2N5O3S. The molecule has 0 bridgehead atoms. The van der Waals surface area contributed by atoms with E-state index in [4.69, 9.17) is 9.47 Å². The molecule has 8 nitrogen and oxygen atoms in total. The van der Waals surface area contributed by atoms with Crippen LogP contribution in [-0.4, -0.2) is 51.6 Å². The highest BCUT2D eigenvalue weighted by atomic mass is 32.1. The molecule has 1 aliphatic heterocycles. The number of hydrogen-bond acceptors (Lipinski definition) is 8. The molecule has 2 aromatic heterocycles. The summed E-state index contributed by atoms with van der Waals surface area (Å²) in [6.45, 7) is 4.29. The van der Waals surface area contributed by atoms with Gasteiger partial charge in [0.15, 0.2) is 16.7 Å². The summed E-state index contributed by atoms with van der Waals surface area (Å²) in [6.07, 6.45) is 1.86. The number of aromatic nitrogens is 3. The van der Waals surface area contributed by atoms with E-state index in [1.807, 2.05) is 6.92 Å². The van der Waals surface area contributed by atoms with Gasteiger partial charge in [-0.1, -0.05) is 11.3 Å². The zero-order valence-electron chi connectivity index (χ0n) is 17.2. The Morgan fingerprint density at radius 1 is 1.35 bits per heavy atom. The summed E-state index contributed by atoms with van der Waals surface area (Å²) in [5.41, 5.74) is 0.420. The fraction of sp³-hybridized carbons (Fsp3) is 0.400. The lowest BCUT2D eigenvalue weighted by Gasteiger charge is -2.19. The molecular weight excluding hydrogens is 428 g/mol. The zero-order chi connectivity index (χ0) is 22.1. The van der Waals surface area contributed by atoms with Crippen LogP contribution in [0.3, 0.4) is 0 Å². The highest BCUT2D eigenvalue weighted by molar-refractivity contribution is 7.15. The molecule has 1 amide bonds. The lowest BCUT2D eigenvalue weighted by atomic mass is 10.2. The van der Waals surface area contributed by atoms with Gasteiger partial charge in [0.2, 0.25) is 17.7 Å². The molecule has 1 fully saturated rings. The van der Waals surface area contributed by atoms with Crippen LogP contribution in [0.1, 0.15) is 25.1 Å². The van der Waals surface area contributed by atoms with Crippen molar-refractivity contribution in [1.29, 1.82) is 0 Å². The second-order valence-electron chi connectivity index (χ2n) is 7.35. The summed E-state index contributed by atoms with van der Waals surface area (Å²) in [7, 11) is 1.39. The third kappa shape index (κ3) is 4.57. The van der Waals surface area contributed by atoms with Gasteiger partial charge in [-0.15, -0.1) is 0 Å². The molecule has 2 unspecified atom stereocenters. The van der Waals surface area contributed by atoms with Crippen molar-refractivity contribution >= 4 is 33.3 Å². The number of nitrogens with zero attached hydrogens (tertiary/aromatic N) is 4. The summed E-state index contributed by atoms with van der Waals surface area (Å²) in [4.78, 5) is 25.8. The van der Waals surface area contributed by atoms with Crippen LogP contribution in [0, 0.1) is 11.8 Å². The minimum absolute atomic E-state index is 0.0872. The molecule has 0 spiro atoms. The number of methoxy groups -OCH3 is 1. The van der Waals surface area contributed by atoms with Crippen molar-refractivity contribution in [3.05, 3.63) is 35.1 Å². The molecule has 1 N–H and O–H groups in total. The van der Waals surface area contributed by atoms with Crippen molar-refractivity contribution < 1.29 is 23.0 Å². The molecule has 2 atom stereocenters. The van der Waals surface area contributed by atoms with E-state index in [9.17, 15) is 13.6 Å². The Hall–Kier alpha value is -2.92. The third-order valence-corrected chi connectivity index (χ3v) is 6.03. The zero-order valence-corrected chi connectivity index (χ0v) is 18.0. The van der Waals surface area contributed by atoms with E-state index in [2.05, 4.69) is 25.2 Å². The van der Waals surface area contributed by atoms with Gasteiger partial charge in [0.25, 0.3) is 0 Å². The first kappa shape index (κ1) is 21.3. The van der Waals surface area contributed by atoms with Crippen molar-refractivity contribution in [3.63, 3.8) is 0 Å². The van der Waals surface area contributed by atoms with E-state index in [1.165, 1.54) is 32.5 Å². The molecule has 11 heteroatoms. The Balaban J connectivity index is 1.48. The number of carbonyl (C=O) groups excluding carboxylic acids is 1. The first-order valence-electron chi connectivity index (χ1n) is 9.65. The van der Waals surface area contributed by atoms with Crippen LogP contribution in [0.5, 0.6) is 11.6 Å². The summed E-state index contributed by atoms with van der Waals surface area (Å²) in [6, 6.07) is 2.94. The van der Waals surface area contributed by atoms with Gasteiger partial charge in [0.05, 0.1) is 22.9 Å². The molecule has 0 aliphatic carbocycles. The van der Waals surface area contributed by atoms with Crippen molar-refractivity contribution in [2.24, 2.45) is 0 Å². The van der Waals surface area contributed by atoms with Gasteiger partial charge in [-0.25, -0.2) is 14.4 Å². The molecule has 4 rings (SSSR count). The number of fused-ring (bicyclic) bond motifs is 1. The first-order chi connectivity index (χ1) is 14.8. The number of rotatable bonds is 6. The molecule has 1 aliphatic rings. The van der Waals surface area contributed by atoms with Crippen LogP contribution in [0.2, 0.25) is 0 Å². The Labute approximate surface area is 181 Å². The van der Waals surface area contributed by atoms with Crippen LogP contribution in [0.4, 0.5) is 13.9 Å². The maximum Gasteiger partial charge on any atom is 0.230 e. The van der Waals surface area contributed by atoms with Gasteiger partial charge in [0, 0.05) is 38.5 Å². The summed E-state index contributed by atoms with van der Waals surface area (Å²) >= 11 is 1.12. The Kier molecular flexibility index (Phi) is 5.96. The number of anilines is 1. The van der Waals surface area contributed by atoms with Gasteiger partial charge in [-0.3, -0.25) is 9.69 Å². The van der Waals surface area contributed by atoms with Crippen LogP contribution in [0.15, 0.2) is 18.5 Å². The number of halogens is 2. The predicted octanol–water partition coefficient (Wildman–Crippen LogP) is 3.37. The monoisotopic (exact) mass is 449 g/mol. The van der Waals surface area contributed by atoms with Crippen molar-refractivity contribution in [2.45, 2.75) is 39.0 Å². The number of nitrogens with one attached hydrogen (secondary N) is 1. The van der Waals surface area contributed by atoms with Gasteiger partial charge in [-0.2, -0.15) is 9.37 Å². The normalized spacial score (nSPS) is 19.0. The topological polar surface area (TPSA) is 89.5 Å². The molecule has 3 aromatic rings. The van der Waals surface area contributed by atoms with Crippen molar-refractivity contribution in [2.75, 3.05) is 19.0 Å². The maximum absolute atomic E-state index is 14.2. The lowest BCUT2D eigenvalue weighted by molar-refractivity contribution is -0.114.